The first kappa shape index (κ1) is 27.4. The molecule has 2 aromatic carbocycles. The Bertz CT molecular complexity index is 1300. The zero-order chi connectivity index (χ0) is 27.3. The molecule has 0 radical (unpaired) electrons. The zero-order valence-corrected chi connectivity index (χ0v) is 23.4. The van der Waals surface area contributed by atoms with E-state index in [1.807, 2.05) is 44.2 Å². The van der Waals surface area contributed by atoms with E-state index < -0.39 is 45.0 Å². The van der Waals surface area contributed by atoms with Crippen molar-refractivity contribution in [2.45, 2.75) is 44.9 Å². The standard InChI is InChI=1S/C28H34ClNO7S/c1-27(2)20-11-12-28(27,17-38(32,33)34)26(31)24(20)30-13-14-36-23(16-30)25(18-7-5-4-6-8-18)37-21-10-9-19(29)15-22(21)35-3/h4-10,15,20,23-25H,11-14,16-17H2,1-3H3,(H,32,33,34)/t20?,23-,24?,25-,28?/m0/s1. The van der Waals surface area contributed by atoms with Crippen LogP contribution >= 0.6 is 11.6 Å². The molecule has 5 atom stereocenters. The molecule has 1 aliphatic heterocycles. The fourth-order valence-corrected chi connectivity index (χ4v) is 8.41. The molecule has 206 valence electrons. The van der Waals surface area contributed by atoms with Gasteiger partial charge in [-0.15, -0.1) is 0 Å². The van der Waals surface area contributed by atoms with Crippen LogP contribution < -0.4 is 9.47 Å². The van der Waals surface area contributed by atoms with Gasteiger partial charge in [-0.1, -0.05) is 55.8 Å². The molecule has 3 fully saturated rings. The van der Waals surface area contributed by atoms with Crippen molar-refractivity contribution in [2.75, 3.05) is 32.6 Å². The summed E-state index contributed by atoms with van der Waals surface area (Å²) in [6.07, 6.45) is 0.308. The topological polar surface area (TPSA) is 102 Å². The minimum absolute atomic E-state index is 0.0112. The predicted octanol–water partition coefficient (Wildman–Crippen LogP) is 4.43. The molecule has 2 aromatic rings. The van der Waals surface area contributed by atoms with Crippen LogP contribution in [0.4, 0.5) is 0 Å². The van der Waals surface area contributed by atoms with Gasteiger partial charge in [0.15, 0.2) is 23.4 Å². The average Bonchev–Trinajstić information content (AvgIpc) is 3.21. The lowest BCUT2D eigenvalue weighted by molar-refractivity contribution is -0.138. The lowest BCUT2D eigenvalue weighted by atomic mass is 9.70. The number of ether oxygens (including phenoxy) is 3. The van der Waals surface area contributed by atoms with Crippen molar-refractivity contribution >= 4 is 27.5 Å². The Labute approximate surface area is 229 Å². The Balaban J connectivity index is 1.44. The molecule has 5 rings (SSSR count). The van der Waals surface area contributed by atoms with E-state index in [1.165, 1.54) is 0 Å². The molecule has 2 saturated carbocycles. The Morgan fingerprint density at radius 2 is 1.92 bits per heavy atom. The Morgan fingerprint density at radius 1 is 1.18 bits per heavy atom. The van der Waals surface area contributed by atoms with E-state index in [2.05, 4.69) is 4.90 Å². The molecule has 2 aliphatic carbocycles. The minimum Gasteiger partial charge on any atom is -0.493 e. The molecule has 1 saturated heterocycles. The first-order valence-corrected chi connectivity index (χ1v) is 14.9. The molecule has 3 unspecified atom stereocenters. The number of carbonyl (C=O) groups is 1. The largest absolute Gasteiger partial charge is 0.493 e. The van der Waals surface area contributed by atoms with Gasteiger partial charge in [0.05, 0.1) is 30.9 Å². The monoisotopic (exact) mass is 563 g/mol. The summed E-state index contributed by atoms with van der Waals surface area (Å²) in [5, 5.41) is 0.529. The molecule has 1 heterocycles. The highest BCUT2D eigenvalue weighted by molar-refractivity contribution is 7.85. The average molecular weight is 564 g/mol. The van der Waals surface area contributed by atoms with Crippen molar-refractivity contribution in [1.29, 1.82) is 0 Å². The molecule has 10 heteroatoms. The number of Topliss-reactive ketones (excluding diaryl/α,β-unsaturated/α-hetero) is 1. The number of ketones is 1. The molecule has 2 bridgehead atoms. The van der Waals surface area contributed by atoms with Crippen LogP contribution in [0.1, 0.15) is 38.4 Å². The number of nitrogens with zero attached hydrogens (tertiary/aromatic N) is 1. The smallest absolute Gasteiger partial charge is 0.265 e. The number of carbonyl (C=O) groups excluding carboxylic acids is 1. The highest BCUT2D eigenvalue weighted by Crippen LogP contribution is 2.65. The SMILES string of the molecule is COc1cc(Cl)ccc1O[C@@H](c1ccccc1)[C@@H]1CN(C2C(=O)C3(CS(=O)(=O)O)CCC2C3(C)C)CCO1. The van der Waals surface area contributed by atoms with Crippen molar-refractivity contribution in [3.8, 4) is 11.5 Å². The molecule has 8 nitrogen and oxygen atoms in total. The van der Waals surface area contributed by atoms with Gasteiger partial charge in [0, 0.05) is 24.2 Å². The summed E-state index contributed by atoms with van der Waals surface area (Å²) in [5.41, 5.74) is -0.723. The van der Waals surface area contributed by atoms with Gasteiger partial charge in [-0.2, -0.15) is 8.42 Å². The van der Waals surface area contributed by atoms with Gasteiger partial charge in [-0.25, -0.2) is 0 Å². The number of methoxy groups -OCH3 is 1. The van der Waals surface area contributed by atoms with Crippen molar-refractivity contribution in [2.24, 2.45) is 16.7 Å². The van der Waals surface area contributed by atoms with Crippen molar-refractivity contribution in [3.05, 3.63) is 59.1 Å². The maximum atomic E-state index is 13.9. The zero-order valence-electron chi connectivity index (χ0n) is 21.8. The van der Waals surface area contributed by atoms with Gasteiger partial charge >= 0.3 is 0 Å². The van der Waals surface area contributed by atoms with Crippen molar-refractivity contribution < 1.29 is 32.0 Å². The van der Waals surface area contributed by atoms with Gasteiger partial charge in [0.1, 0.15) is 6.10 Å². The molecule has 0 amide bonds. The Morgan fingerprint density at radius 3 is 2.61 bits per heavy atom. The third-order valence-electron chi connectivity index (χ3n) is 8.96. The van der Waals surface area contributed by atoms with Crippen LogP contribution in [-0.2, 0) is 19.6 Å². The first-order chi connectivity index (χ1) is 18.0. The van der Waals surface area contributed by atoms with Crippen LogP contribution in [-0.4, -0.2) is 68.4 Å². The number of rotatable bonds is 8. The molecule has 1 N–H and O–H groups in total. The third kappa shape index (κ3) is 4.73. The number of morpholine rings is 1. The summed E-state index contributed by atoms with van der Waals surface area (Å²) in [7, 11) is -2.76. The maximum Gasteiger partial charge on any atom is 0.265 e. The predicted molar refractivity (Wildman–Crippen MR) is 143 cm³/mol. The van der Waals surface area contributed by atoms with E-state index in [1.54, 1.807) is 25.3 Å². The van der Waals surface area contributed by atoms with Crippen molar-refractivity contribution in [3.63, 3.8) is 0 Å². The second-order valence-corrected chi connectivity index (χ2v) is 13.0. The quantitative estimate of drug-likeness (QED) is 0.471. The highest BCUT2D eigenvalue weighted by atomic mass is 35.5. The molecule has 0 spiro atoms. The van der Waals surface area contributed by atoms with E-state index >= 15 is 0 Å². The lowest BCUT2D eigenvalue weighted by Crippen LogP contribution is -2.55. The third-order valence-corrected chi connectivity index (χ3v) is 10.0. The maximum absolute atomic E-state index is 13.9. The van der Waals surface area contributed by atoms with E-state index in [0.29, 0.717) is 42.6 Å². The molecule has 0 aromatic heterocycles. The van der Waals surface area contributed by atoms with Crippen LogP contribution in [0.25, 0.3) is 0 Å². The van der Waals surface area contributed by atoms with Crippen LogP contribution in [0.15, 0.2) is 48.5 Å². The summed E-state index contributed by atoms with van der Waals surface area (Å²) in [6.45, 7) is 5.31. The molecule has 3 aliphatic rings. The summed E-state index contributed by atoms with van der Waals surface area (Å²) >= 11 is 6.16. The van der Waals surface area contributed by atoms with E-state index in [0.717, 1.165) is 12.0 Å². The Hall–Kier alpha value is -2.17. The van der Waals surface area contributed by atoms with Gasteiger partial charge in [0.2, 0.25) is 0 Å². The molecule has 38 heavy (non-hydrogen) atoms. The normalized spacial score (nSPS) is 29.8. The van der Waals surface area contributed by atoms with E-state index in [-0.39, 0.29) is 11.7 Å². The number of benzene rings is 2. The number of halogens is 1. The van der Waals surface area contributed by atoms with Crippen LogP contribution in [0.2, 0.25) is 5.02 Å². The van der Waals surface area contributed by atoms with Gasteiger partial charge in [-0.3, -0.25) is 14.2 Å². The van der Waals surface area contributed by atoms with Crippen LogP contribution in [0.3, 0.4) is 0 Å². The van der Waals surface area contributed by atoms with Crippen LogP contribution in [0, 0.1) is 16.7 Å². The van der Waals surface area contributed by atoms with Gasteiger partial charge < -0.3 is 14.2 Å². The molecular formula is C28H34ClNO7S. The van der Waals surface area contributed by atoms with Crippen molar-refractivity contribution in [1.82, 2.24) is 4.90 Å². The molecular weight excluding hydrogens is 530 g/mol. The van der Waals surface area contributed by atoms with Gasteiger partial charge in [-0.05, 0) is 41.9 Å². The summed E-state index contributed by atoms with van der Waals surface area (Å²) < 4.78 is 51.9. The second kappa shape index (κ2) is 10.1. The minimum atomic E-state index is -4.32. The fraction of sp³-hybridized carbons (Fsp3) is 0.536. The number of hydrogen-bond donors (Lipinski definition) is 1. The number of hydrogen-bond acceptors (Lipinski definition) is 7. The van der Waals surface area contributed by atoms with E-state index in [9.17, 15) is 17.8 Å². The Kier molecular flexibility index (Phi) is 7.28. The van der Waals surface area contributed by atoms with Crippen LogP contribution in [0.5, 0.6) is 11.5 Å². The fourth-order valence-electron chi connectivity index (χ4n) is 6.97. The highest BCUT2D eigenvalue weighted by Gasteiger charge is 2.70. The first-order valence-electron chi connectivity index (χ1n) is 12.9. The summed E-state index contributed by atoms with van der Waals surface area (Å²) in [6, 6.07) is 14.5. The lowest BCUT2D eigenvalue weighted by Gasteiger charge is -2.42. The number of fused-ring (bicyclic) bond motifs is 2. The summed E-state index contributed by atoms with van der Waals surface area (Å²) in [4.78, 5) is 16.0. The summed E-state index contributed by atoms with van der Waals surface area (Å²) in [5.74, 6) is 0.397. The van der Waals surface area contributed by atoms with E-state index in [4.69, 9.17) is 25.8 Å². The van der Waals surface area contributed by atoms with Gasteiger partial charge in [0.25, 0.3) is 10.1 Å². The second-order valence-electron chi connectivity index (χ2n) is 11.1.